The number of hydrogen-bond donors (Lipinski definition) is 1. The SMILES string of the molecule is CN1C(=O)OCC1(C)O. The number of ether oxygens (including phenoxy) is 1. The zero-order valence-corrected chi connectivity index (χ0v) is 5.42. The van der Waals surface area contributed by atoms with Crippen molar-refractivity contribution in [2.45, 2.75) is 12.6 Å². The summed E-state index contributed by atoms with van der Waals surface area (Å²) >= 11 is 0. The van der Waals surface area contributed by atoms with Gasteiger partial charge in [-0.3, -0.25) is 4.90 Å². The highest BCUT2D eigenvalue weighted by molar-refractivity contribution is 5.70. The molecule has 0 saturated carbocycles. The normalized spacial score (nSPS) is 35.0. The molecular formula is C5H9NO3. The minimum Gasteiger partial charge on any atom is -0.444 e. The van der Waals surface area contributed by atoms with E-state index in [0.717, 1.165) is 4.90 Å². The summed E-state index contributed by atoms with van der Waals surface area (Å²) in [7, 11) is 1.50. The average Bonchev–Trinajstić information content (AvgIpc) is 1.97. The van der Waals surface area contributed by atoms with E-state index in [1.807, 2.05) is 0 Å². The standard InChI is InChI=1S/C5H9NO3/c1-5(8)3-9-4(7)6(5)2/h8H,3H2,1-2H3. The third-order valence-corrected chi connectivity index (χ3v) is 1.47. The molecule has 1 fully saturated rings. The van der Waals surface area contributed by atoms with Crippen molar-refractivity contribution in [3.8, 4) is 0 Å². The van der Waals surface area contributed by atoms with Gasteiger partial charge in [-0.2, -0.15) is 0 Å². The molecule has 0 aromatic heterocycles. The van der Waals surface area contributed by atoms with Crippen molar-refractivity contribution in [2.24, 2.45) is 0 Å². The Bertz CT molecular complexity index is 143. The van der Waals surface area contributed by atoms with Crippen molar-refractivity contribution < 1.29 is 14.6 Å². The number of likely N-dealkylation sites (N-methyl/N-ethyl adjacent to an activating group) is 1. The highest BCUT2D eigenvalue weighted by atomic mass is 16.6. The first-order valence-corrected chi connectivity index (χ1v) is 2.67. The highest BCUT2D eigenvalue weighted by Gasteiger charge is 2.38. The third-order valence-electron chi connectivity index (χ3n) is 1.47. The Morgan fingerprint density at radius 2 is 2.44 bits per heavy atom. The Labute approximate surface area is 53.0 Å². The van der Waals surface area contributed by atoms with Crippen molar-refractivity contribution in [3.05, 3.63) is 0 Å². The maximum absolute atomic E-state index is 10.5. The van der Waals surface area contributed by atoms with Crippen molar-refractivity contribution in [2.75, 3.05) is 13.7 Å². The van der Waals surface area contributed by atoms with Crippen LogP contribution in [0.4, 0.5) is 4.79 Å². The molecule has 1 aliphatic rings. The first-order valence-electron chi connectivity index (χ1n) is 2.67. The highest BCUT2D eigenvalue weighted by Crippen LogP contribution is 2.17. The van der Waals surface area contributed by atoms with Crippen LogP contribution in [-0.2, 0) is 4.74 Å². The van der Waals surface area contributed by atoms with E-state index in [9.17, 15) is 9.90 Å². The summed E-state index contributed by atoms with van der Waals surface area (Å²) < 4.78 is 4.52. The summed E-state index contributed by atoms with van der Waals surface area (Å²) in [5, 5.41) is 9.21. The summed E-state index contributed by atoms with van der Waals surface area (Å²) in [5.74, 6) is 0. The molecule has 0 aromatic carbocycles. The fourth-order valence-corrected chi connectivity index (χ4v) is 0.589. The maximum atomic E-state index is 10.5. The van der Waals surface area contributed by atoms with Crippen LogP contribution in [0.1, 0.15) is 6.92 Å². The summed E-state index contributed by atoms with van der Waals surface area (Å²) in [4.78, 5) is 11.7. The first kappa shape index (κ1) is 6.35. The van der Waals surface area contributed by atoms with Crippen molar-refractivity contribution in [1.82, 2.24) is 4.90 Å². The summed E-state index contributed by atoms with van der Waals surface area (Å²) in [6.45, 7) is 1.58. The second-order valence-electron chi connectivity index (χ2n) is 2.33. The molecule has 0 spiro atoms. The number of amides is 1. The zero-order chi connectivity index (χ0) is 7.07. The molecular weight excluding hydrogens is 122 g/mol. The zero-order valence-electron chi connectivity index (χ0n) is 5.42. The van der Waals surface area contributed by atoms with Crippen LogP contribution >= 0.6 is 0 Å². The molecule has 1 saturated heterocycles. The smallest absolute Gasteiger partial charge is 0.412 e. The lowest BCUT2D eigenvalue weighted by molar-refractivity contribution is -0.0334. The number of carbonyl (C=O) groups is 1. The lowest BCUT2D eigenvalue weighted by Crippen LogP contribution is -2.41. The fraction of sp³-hybridized carbons (Fsp3) is 0.800. The van der Waals surface area contributed by atoms with Crippen LogP contribution in [0.25, 0.3) is 0 Å². The molecule has 9 heavy (non-hydrogen) atoms. The quantitative estimate of drug-likeness (QED) is 0.494. The van der Waals surface area contributed by atoms with Gasteiger partial charge in [0.25, 0.3) is 0 Å². The molecule has 0 aliphatic carbocycles. The lowest BCUT2D eigenvalue weighted by Gasteiger charge is -2.20. The van der Waals surface area contributed by atoms with Crippen LogP contribution in [0.15, 0.2) is 0 Å². The third kappa shape index (κ3) is 0.853. The van der Waals surface area contributed by atoms with E-state index in [4.69, 9.17) is 0 Å². The molecule has 1 heterocycles. The molecule has 1 amide bonds. The van der Waals surface area contributed by atoms with Gasteiger partial charge in [0.2, 0.25) is 0 Å². The van der Waals surface area contributed by atoms with E-state index in [1.165, 1.54) is 14.0 Å². The predicted octanol–water partition coefficient (Wildman–Crippen LogP) is -0.223. The number of aliphatic hydroxyl groups is 1. The molecule has 1 N–H and O–H groups in total. The molecule has 1 atom stereocenters. The van der Waals surface area contributed by atoms with Crippen LogP contribution in [0.2, 0.25) is 0 Å². The van der Waals surface area contributed by atoms with Crippen molar-refractivity contribution in [1.29, 1.82) is 0 Å². The van der Waals surface area contributed by atoms with Crippen LogP contribution in [0.5, 0.6) is 0 Å². The van der Waals surface area contributed by atoms with Gasteiger partial charge < -0.3 is 9.84 Å². The second kappa shape index (κ2) is 1.60. The molecule has 0 radical (unpaired) electrons. The average molecular weight is 131 g/mol. The van der Waals surface area contributed by atoms with Gasteiger partial charge in [-0.25, -0.2) is 4.79 Å². The largest absolute Gasteiger partial charge is 0.444 e. The number of hydrogen-bond acceptors (Lipinski definition) is 3. The number of cyclic esters (lactones) is 1. The molecule has 52 valence electrons. The first-order chi connectivity index (χ1) is 4.04. The van der Waals surface area contributed by atoms with Crippen LogP contribution in [0, 0.1) is 0 Å². The molecule has 0 bridgehead atoms. The Morgan fingerprint density at radius 3 is 2.56 bits per heavy atom. The Balaban J connectivity index is 2.73. The van der Waals surface area contributed by atoms with Crippen LogP contribution < -0.4 is 0 Å². The summed E-state index contributed by atoms with van der Waals surface area (Å²) in [6.07, 6.45) is -0.472. The van der Waals surface area contributed by atoms with Gasteiger partial charge >= 0.3 is 6.09 Å². The van der Waals surface area contributed by atoms with E-state index in [2.05, 4.69) is 4.74 Å². The van der Waals surface area contributed by atoms with Gasteiger partial charge in [0.1, 0.15) is 6.61 Å². The number of nitrogens with zero attached hydrogens (tertiary/aromatic N) is 1. The van der Waals surface area contributed by atoms with E-state index < -0.39 is 11.8 Å². The number of rotatable bonds is 0. The minimum absolute atomic E-state index is 0.0579. The van der Waals surface area contributed by atoms with Crippen LogP contribution in [-0.4, -0.2) is 35.5 Å². The van der Waals surface area contributed by atoms with Gasteiger partial charge in [0.05, 0.1) is 0 Å². The summed E-state index contributed by atoms with van der Waals surface area (Å²) in [6, 6.07) is 0. The predicted molar refractivity (Wildman–Crippen MR) is 29.7 cm³/mol. The van der Waals surface area contributed by atoms with Gasteiger partial charge in [0, 0.05) is 7.05 Å². The molecule has 0 aromatic rings. The van der Waals surface area contributed by atoms with Crippen molar-refractivity contribution in [3.63, 3.8) is 0 Å². The Hall–Kier alpha value is -0.770. The molecule has 4 nitrogen and oxygen atoms in total. The van der Waals surface area contributed by atoms with Gasteiger partial charge in [-0.1, -0.05) is 0 Å². The lowest BCUT2D eigenvalue weighted by atomic mass is 10.3. The molecule has 1 unspecified atom stereocenters. The van der Waals surface area contributed by atoms with Crippen molar-refractivity contribution >= 4 is 6.09 Å². The van der Waals surface area contributed by atoms with E-state index in [1.54, 1.807) is 0 Å². The monoisotopic (exact) mass is 131 g/mol. The topological polar surface area (TPSA) is 49.8 Å². The minimum atomic E-state index is -1.11. The Morgan fingerprint density at radius 1 is 1.89 bits per heavy atom. The second-order valence-corrected chi connectivity index (χ2v) is 2.33. The van der Waals surface area contributed by atoms with Gasteiger partial charge in [-0.05, 0) is 6.92 Å². The van der Waals surface area contributed by atoms with Gasteiger partial charge in [-0.15, -0.1) is 0 Å². The molecule has 4 heteroatoms. The van der Waals surface area contributed by atoms with Gasteiger partial charge in [0.15, 0.2) is 5.72 Å². The van der Waals surface area contributed by atoms with E-state index in [-0.39, 0.29) is 6.61 Å². The fourth-order valence-electron chi connectivity index (χ4n) is 0.589. The number of carbonyl (C=O) groups excluding carboxylic acids is 1. The Kier molecular flexibility index (Phi) is 1.13. The van der Waals surface area contributed by atoms with E-state index >= 15 is 0 Å². The van der Waals surface area contributed by atoms with E-state index in [0.29, 0.717) is 0 Å². The molecule has 1 aliphatic heterocycles. The maximum Gasteiger partial charge on any atom is 0.412 e. The molecule has 1 rings (SSSR count). The summed E-state index contributed by atoms with van der Waals surface area (Å²) in [5.41, 5.74) is -1.11. The van der Waals surface area contributed by atoms with Crippen LogP contribution in [0.3, 0.4) is 0 Å².